The minimum absolute atomic E-state index is 0.551. The first-order chi connectivity index (χ1) is 13.8. The molecule has 0 saturated carbocycles. The maximum absolute atomic E-state index is 4.71. The lowest BCUT2D eigenvalue weighted by Crippen LogP contribution is -2.26. The number of fused-ring (bicyclic) bond motifs is 2. The largest absolute Gasteiger partial charge is 0.371 e. The van der Waals surface area contributed by atoms with E-state index in [1.165, 1.54) is 5.82 Å². The lowest BCUT2D eigenvalue weighted by Gasteiger charge is -2.25. The SMILES string of the molecule is C=Nc1[nH]c(-c2cnc3c[nH]cc3c2)nc1/C=C\CC1CNc2cccn2C1. The summed E-state index contributed by atoms with van der Waals surface area (Å²) in [5, 5.41) is 4.52. The van der Waals surface area contributed by atoms with E-state index < -0.39 is 0 Å². The number of H-pyrrole nitrogens is 2. The van der Waals surface area contributed by atoms with E-state index in [4.69, 9.17) is 4.98 Å². The van der Waals surface area contributed by atoms with Crippen molar-refractivity contribution in [2.75, 3.05) is 11.9 Å². The van der Waals surface area contributed by atoms with Crippen molar-refractivity contribution >= 4 is 35.3 Å². The van der Waals surface area contributed by atoms with Crippen LogP contribution in [0.15, 0.2) is 54.1 Å². The topological polar surface area (TPSA) is 86.7 Å². The van der Waals surface area contributed by atoms with Gasteiger partial charge < -0.3 is 19.9 Å². The van der Waals surface area contributed by atoms with Gasteiger partial charge in [0.25, 0.3) is 0 Å². The fraction of sp³-hybridized carbons (Fsp3) is 0.190. The van der Waals surface area contributed by atoms with Crippen LogP contribution in [0.4, 0.5) is 11.6 Å². The molecule has 1 atom stereocenters. The summed E-state index contributed by atoms with van der Waals surface area (Å²) in [6.07, 6.45) is 12.9. The molecule has 0 aromatic carbocycles. The Balaban J connectivity index is 1.33. The first-order valence-corrected chi connectivity index (χ1v) is 9.35. The van der Waals surface area contributed by atoms with Crippen molar-refractivity contribution in [3.63, 3.8) is 0 Å². The van der Waals surface area contributed by atoms with E-state index in [1.807, 2.05) is 24.7 Å². The van der Waals surface area contributed by atoms with E-state index in [1.54, 1.807) is 0 Å². The third kappa shape index (κ3) is 3.00. The van der Waals surface area contributed by atoms with Gasteiger partial charge in [-0.2, -0.15) is 0 Å². The number of rotatable bonds is 5. The highest BCUT2D eigenvalue weighted by Crippen LogP contribution is 2.26. The minimum Gasteiger partial charge on any atom is -0.371 e. The molecule has 140 valence electrons. The van der Waals surface area contributed by atoms with Gasteiger partial charge in [0.05, 0.1) is 5.52 Å². The minimum atomic E-state index is 0.551. The molecule has 1 aliphatic heterocycles. The zero-order valence-corrected chi connectivity index (χ0v) is 15.4. The molecule has 5 heterocycles. The second kappa shape index (κ2) is 6.84. The van der Waals surface area contributed by atoms with E-state index in [-0.39, 0.29) is 0 Å². The number of anilines is 1. The Morgan fingerprint density at radius 2 is 2.32 bits per heavy atom. The monoisotopic (exact) mass is 371 g/mol. The number of allylic oxidation sites excluding steroid dienone is 1. The number of nitrogens with one attached hydrogen (secondary N) is 3. The van der Waals surface area contributed by atoms with Crippen molar-refractivity contribution < 1.29 is 0 Å². The van der Waals surface area contributed by atoms with Crippen molar-refractivity contribution in [2.45, 2.75) is 13.0 Å². The quantitative estimate of drug-likeness (QED) is 0.459. The first kappa shape index (κ1) is 16.6. The summed E-state index contributed by atoms with van der Waals surface area (Å²) in [6.45, 7) is 5.68. The highest BCUT2D eigenvalue weighted by Gasteiger charge is 2.16. The lowest BCUT2D eigenvalue weighted by molar-refractivity contribution is 0.448. The summed E-state index contributed by atoms with van der Waals surface area (Å²) in [7, 11) is 0. The fourth-order valence-electron chi connectivity index (χ4n) is 3.67. The van der Waals surface area contributed by atoms with Crippen LogP contribution in [0.1, 0.15) is 12.1 Å². The average molecular weight is 371 g/mol. The summed E-state index contributed by atoms with van der Waals surface area (Å²) in [5.41, 5.74) is 2.65. The molecular weight excluding hydrogens is 350 g/mol. The standard InChI is InChI=1S/C21H21N7/c1-22-21-17(5-2-4-14-9-25-19-6-3-7-28(19)13-14)26-20(27-21)16-8-15-10-23-12-18(15)24-11-16/h2-3,5-8,10-12,14,23,25H,1,4,9,13H2,(H,26,27)/b5-2-. The Hall–Kier alpha value is -3.61. The Morgan fingerprint density at radius 1 is 1.36 bits per heavy atom. The molecule has 1 unspecified atom stereocenters. The molecule has 0 saturated heterocycles. The van der Waals surface area contributed by atoms with Crippen LogP contribution in [0.5, 0.6) is 0 Å². The Morgan fingerprint density at radius 3 is 3.25 bits per heavy atom. The molecule has 0 bridgehead atoms. The van der Waals surface area contributed by atoms with Gasteiger partial charge in [-0.05, 0) is 43.3 Å². The molecule has 4 aromatic rings. The summed E-state index contributed by atoms with van der Waals surface area (Å²) in [4.78, 5) is 19.6. The molecule has 0 amide bonds. The van der Waals surface area contributed by atoms with Crippen molar-refractivity contribution in [3.05, 3.63) is 54.8 Å². The predicted octanol–water partition coefficient (Wildman–Crippen LogP) is 4.23. The van der Waals surface area contributed by atoms with E-state index in [9.17, 15) is 0 Å². The second-order valence-electron chi connectivity index (χ2n) is 7.06. The van der Waals surface area contributed by atoms with Crippen molar-refractivity contribution in [1.29, 1.82) is 0 Å². The molecular formula is C21H21N7. The van der Waals surface area contributed by atoms with Crippen LogP contribution in [-0.2, 0) is 6.54 Å². The number of aromatic amines is 2. The molecule has 1 aliphatic rings. The van der Waals surface area contributed by atoms with Crippen LogP contribution in [0.2, 0.25) is 0 Å². The van der Waals surface area contributed by atoms with Crippen molar-refractivity contribution in [2.24, 2.45) is 10.9 Å². The van der Waals surface area contributed by atoms with Gasteiger partial charge in [-0.1, -0.05) is 6.08 Å². The van der Waals surface area contributed by atoms with Crippen LogP contribution in [0, 0.1) is 5.92 Å². The molecule has 3 N–H and O–H groups in total. The smallest absolute Gasteiger partial charge is 0.156 e. The molecule has 4 aromatic heterocycles. The zero-order valence-electron chi connectivity index (χ0n) is 15.4. The van der Waals surface area contributed by atoms with Gasteiger partial charge in [0.15, 0.2) is 5.82 Å². The summed E-state index contributed by atoms with van der Waals surface area (Å²) >= 11 is 0. The molecule has 0 aliphatic carbocycles. The Labute approximate surface area is 162 Å². The number of hydrogen-bond donors (Lipinski definition) is 3. The van der Waals surface area contributed by atoms with Gasteiger partial charge in [-0.25, -0.2) is 9.98 Å². The normalized spacial score (nSPS) is 16.4. The van der Waals surface area contributed by atoms with Crippen molar-refractivity contribution in [3.8, 4) is 11.4 Å². The number of hydrogen-bond acceptors (Lipinski definition) is 4. The zero-order chi connectivity index (χ0) is 18.9. The third-order valence-corrected chi connectivity index (χ3v) is 5.15. The first-order valence-electron chi connectivity index (χ1n) is 9.35. The number of nitrogens with zero attached hydrogens (tertiary/aromatic N) is 4. The van der Waals surface area contributed by atoms with Gasteiger partial charge in [0, 0.05) is 48.8 Å². The van der Waals surface area contributed by atoms with Crippen LogP contribution in [0.3, 0.4) is 0 Å². The Kier molecular flexibility index (Phi) is 4.05. The number of aliphatic imine (C=N–C) groups is 1. The molecule has 5 rings (SSSR count). The van der Waals surface area contributed by atoms with Gasteiger partial charge in [0.1, 0.15) is 17.3 Å². The van der Waals surface area contributed by atoms with Crippen LogP contribution < -0.4 is 5.32 Å². The van der Waals surface area contributed by atoms with Gasteiger partial charge in [-0.3, -0.25) is 4.98 Å². The maximum atomic E-state index is 4.71. The van der Waals surface area contributed by atoms with E-state index in [0.717, 1.165) is 47.5 Å². The molecule has 7 nitrogen and oxygen atoms in total. The summed E-state index contributed by atoms with van der Waals surface area (Å²) < 4.78 is 2.26. The van der Waals surface area contributed by atoms with E-state index >= 15 is 0 Å². The van der Waals surface area contributed by atoms with Crippen LogP contribution in [-0.4, -0.2) is 37.8 Å². The van der Waals surface area contributed by atoms with Gasteiger partial charge in [-0.15, -0.1) is 0 Å². The molecule has 0 radical (unpaired) electrons. The summed E-state index contributed by atoms with van der Waals surface area (Å²) in [5.74, 6) is 3.17. The third-order valence-electron chi connectivity index (χ3n) is 5.15. The Bertz CT molecular complexity index is 1160. The predicted molar refractivity (Wildman–Crippen MR) is 113 cm³/mol. The number of imidazole rings is 1. The number of pyridine rings is 1. The van der Waals surface area contributed by atoms with Gasteiger partial charge >= 0.3 is 0 Å². The second-order valence-corrected chi connectivity index (χ2v) is 7.06. The molecule has 7 heteroatoms. The van der Waals surface area contributed by atoms with Gasteiger partial charge in [0.2, 0.25) is 0 Å². The highest BCUT2D eigenvalue weighted by atomic mass is 15.1. The molecule has 0 spiro atoms. The maximum Gasteiger partial charge on any atom is 0.156 e. The molecule has 0 fully saturated rings. The van der Waals surface area contributed by atoms with Crippen LogP contribution >= 0.6 is 0 Å². The average Bonchev–Trinajstić information content (AvgIpc) is 3.45. The molecule has 28 heavy (non-hydrogen) atoms. The van der Waals surface area contributed by atoms with Crippen LogP contribution in [0.25, 0.3) is 28.4 Å². The van der Waals surface area contributed by atoms with E-state index in [2.05, 4.69) is 67.0 Å². The van der Waals surface area contributed by atoms with Crippen molar-refractivity contribution in [1.82, 2.24) is 24.5 Å². The number of aromatic nitrogens is 5. The fourth-order valence-corrected chi connectivity index (χ4v) is 3.67. The highest BCUT2D eigenvalue weighted by molar-refractivity contribution is 5.82. The van der Waals surface area contributed by atoms with E-state index in [0.29, 0.717) is 11.7 Å². The summed E-state index contributed by atoms with van der Waals surface area (Å²) in [6, 6.07) is 6.24. The lowest BCUT2D eigenvalue weighted by atomic mass is 10.0.